The molecule has 0 bridgehead atoms. The number of nitrogens with one attached hydrogen (secondary N) is 3. The van der Waals surface area contributed by atoms with E-state index in [-0.39, 0.29) is 23.4 Å². The van der Waals surface area contributed by atoms with Gasteiger partial charge in [0.2, 0.25) is 5.91 Å². The monoisotopic (exact) mass is 431 g/mol. The van der Waals surface area contributed by atoms with Crippen molar-refractivity contribution in [2.24, 2.45) is 0 Å². The first-order valence-corrected chi connectivity index (χ1v) is 9.50. The SMILES string of the molecule is Cc1ccc(NC(=O)COC(=O)CCC(=O)NNC(=O)c2ccccc2Cl)cc1C. The fourth-order valence-corrected chi connectivity index (χ4v) is 2.57. The molecular weight excluding hydrogens is 410 g/mol. The lowest BCUT2D eigenvalue weighted by Crippen LogP contribution is -2.41. The first-order valence-electron chi connectivity index (χ1n) is 9.12. The molecule has 3 N–H and O–H groups in total. The summed E-state index contributed by atoms with van der Waals surface area (Å²) in [5.74, 6) is -2.37. The molecule has 3 amide bonds. The van der Waals surface area contributed by atoms with E-state index in [4.69, 9.17) is 16.3 Å². The van der Waals surface area contributed by atoms with E-state index < -0.39 is 30.3 Å². The zero-order valence-corrected chi connectivity index (χ0v) is 17.3. The van der Waals surface area contributed by atoms with Crippen LogP contribution in [0.5, 0.6) is 0 Å². The number of anilines is 1. The highest BCUT2D eigenvalue weighted by Gasteiger charge is 2.13. The summed E-state index contributed by atoms with van der Waals surface area (Å²) in [7, 11) is 0. The number of halogens is 1. The second-order valence-corrected chi connectivity index (χ2v) is 6.90. The lowest BCUT2D eigenvalue weighted by molar-refractivity contribution is -0.148. The Bertz CT molecular complexity index is 961. The first-order chi connectivity index (χ1) is 14.3. The molecule has 158 valence electrons. The number of benzene rings is 2. The van der Waals surface area contributed by atoms with Crippen LogP contribution >= 0.6 is 11.6 Å². The minimum atomic E-state index is -0.710. The third-order valence-electron chi connectivity index (χ3n) is 4.15. The number of carbonyl (C=O) groups is 4. The molecular formula is C21H22ClN3O5. The molecule has 8 nitrogen and oxygen atoms in total. The van der Waals surface area contributed by atoms with Crippen LogP contribution in [0, 0.1) is 13.8 Å². The van der Waals surface area contributed by atoms with E-state index in [0.29, 0.717) is 5.69 Å². The molecule has 0 atom stereocenters. The fourth-order valence-electron chi connectivity index (χ4n) is 2.35. The number of amides is 3. The van der Waals surface area contributed by atoms with Crippen LogP contribution in [0.4, 0.5) is 5.69 Å². The highest BCUT2D eigenvalue weighted by molar-refractivity contribution is 6.33. The molecule has 0 spiro atoms. The van der Waals surface area contributed by atoms with Gasteiger partial charge in [-0.05, 0) is 49.2 Å². The fraction of sp³-hybridized carbons (Fsp3) is 0.238. The molecule has 0 aliphatic rings. The van der Waals surface area contributed by atoms with Crippen LogP contribution in [0.15, 0.2) is 42.5 Å². The zero-order chi connectivity index (χ0) is 22.1. The summed E-state index contributed by atoms with van der Waals surface area (Å²) >= 11 is 5.90. The summed E-state index contributed by atoms with van der Waals surface area (Å²) in [4.78, 5) is 47.3. The smallest absolute Gasteiger partial charge is 0.306 e. The molecule has 9 heteroatoms. The lowest BCUT2D eigenvalue weighted by Gasteiger charge is -2.09. The molecule has 0 unspecified atom stereocenters. The van der Waals surface area contributed by atoms with Gasteiger partial charge in [0.25, 0.3) is 11.8 Å². The van der Waals surface area contributed by atoms with Crippen LogP contribution in [0.3, 0.4) is 0 Å². The second kappa shape index (κ2) is 11.0. The van der Waals surface area contributed by atoms with Gasteiger partial charge in [-0.25, -0.2) is 0 Å². The summed E-state index contributed by atoms with van der Waals surface area (Å²) in [6.07, 6.45) is -0.467. The summed E-state index contributed by atoms with van der Waals surface area (Å²) in [6.45, 7) is 3.42. The number of aryl methyl sites for hydroxylation is 2. The van der Waals surface area contributed by atoms with Crippen molar-refractivity contribution in [2.75, 3.05) is 11.9 Å². The van der Waals surface area contributed by atoms with Gasteiger partial charge in [0.05, 0.1) is 17.0 Å². The summed E-state index contributed by atoms with van der Waals surface area (Å²) in [5.41, 5.74) is 7.33. The van der Waals surface area contributed by atoms with E-state index >= 15 is 0 Å². The summed E-state index contributed by atoms with van der Waals surface area (Å²) in [5, 5.41) is 2.87. The Morgan fingerprint density at radius 3 is 2.33 bits per heavy atom. The number of ether oxygens (including phenoxy) is 1. The van der Waals surface area contributed by atoms with Crippen LogP contribution in [-0.2, 0) is 19.1 Å². The molecule has 0 aromatic heterocycles. The Kier molecular flexibility index (Phi) is 8.37. The number of hydrazine groups is 1. The number of hydrogen-bond donors (Lipinski definition) is 3. The van der Waals surface area contributed by atoms with E-state index in [9.17, 15) is 19.2 Å². The van der Waals surface area contributed by atoms with Crippen molar-refractivity contribution in [1.29, 1.82) is 0 Å². The Morgan fingerprint density at radius 1 is 0.900 bits per heavy atom. The summed E-state index contributed by atoms with van der Waals surface area (Å²) in [6, 6.07) is 11.8. The molecule has 0 fully saturated rings. The Balaban J connectivity index is 1.66. The number of hydrogen-bond acceptors (Lipinski definition) is 5. The topological polar surface area (TPSA) is 114 Å². The van der Waals surface area contributed by atoms with Crippen molar-refractivity contribution in [1.82, 2.24) is 10.9 Å². The van der Waals surface area contributed by atoms with E-state index in [1.54, 1.807) is 24.3 Å². The molecule has 0 heterocycles. The third kappa shape index (κ3) is 7.21. The van der Waals surface area contributed by atoms with Gasteiger partial charge in [0, 0.05) is 12.1 Å². The van der Waals surface area contributed by atoms with E-state index in [1.165, 1.54) is 6.07 Å². The predicted octanol–water partition coefficient (Wildman–Crippen LogP) is 2.68. The van der Waals surface area contributed by atoms with Crippen LogP contribution in [0.25, 0.3) is 0 Å². The predicted molar refractivity (Wildman–Crippen MR) is 112 cm³/mol. The largest absolute Gasteiger partial charge is 0.456 e. The minimum absolute atomic E-state index is 0.202. The summed E-state index contributed by atoms with van der Waals surface area (Å²) < 4.78 is 4.86. The van der Waals surface area contributed by atoms with Crippen molar-refractivity contribution >= 4 is 41.0 Å². The molecule has 30 heavy (non-hydrogen) atoms. The average Bonchev–Trinajstić information content (AvgIpc) is 2.72. The van der Waals surface area contributed by atoms with Crippen molar-refractivity contribution in [3.05, 3.63) is 64.2 Å². The molecule has 2 rings (SSSR count). The Hall–Kier alpha value is -3.39. The molecule has 0 aliphatic carbocycles. The van der Waals surface area contributed by atoms with Crippen molar-refractivity contribution in [3.63, 3.8) is 0 Å². The third-order valence-corrected chi connectivity index (χ3v) is 4.47. The van der Waals surface area contributed by atoms with Gasteiger partial charge in [-0.15, -0.1) is 0 Å². The quantitative estimate of drug-likeness (QED) is 0.460. The maximum Gasteiger partial charge on any atom is 0.306 e. The maximum absolute atomic E-state index is 11.9. The number of esters is 1. The normalized spacial score (nSPS) is 10.1. The van der Waals surface area contributed by atoms with Gasteiger partial charge in [-0.3, -0.25) is 30.0 Å². The van der Waals surface area contributed by atoms with Crippen molar-refractivity contribution in [3.8, 4) is 0 Å². The standard InChI is InChI=1S/C21H22ClN3O5/c1-13-7-8-15(11-14(13)2)23-19(27)12-30-20(28)10-9-18(26)24-25-21(29)16-5-3-4-6-17(16)22/h3-8,11H,9-10,12H2,1-2H3,(H,23,27)(H,24,26)(H,25,29). The minimum Gasteiger partial charge on any atom is -0.456 e. The number of carbonyl (C=O) groups excluding carboxylic acids is 4. The van der Waals surface area contributed by atoms with Crippen molar-refractivity contribution < 1.29 is 23.9 Å². The first kappa shape index (κ1) is 22.9. The zero-order valence-electron chi connectivity index (χ0n) is 16.6. The van der Waals surface area contributed by atoms with Crippen LogP contribution < -0.4 is 16.2 Å². The average molecular weight is 432 g/mol. The molecule has 0 radical (unpaired) electrons. The van der Waals surface area contributed by atoms with E-state index in [2.05, 4.69) is 16.2 Å². The van der Waals surface area contributed by atoms with Crippen molar-refractivity contribution in [2.45, 2.75) is 26.7 Å². The van der Waals surface area contributed by atoms with Gasteiger partial charge >= 0.3 is 5.97 Å². The molecule has 2 aromatic carbocycles. The van der Waals surface area contributed by atoms with E-state index in [1.807, 2.05) is 26.0 Å². The molecule has 0 aliphatic heterocycles. The highest BCUT2D eigenvalue weighted by atomic mass is 35.5. The lowest BCUT2D eigenvalue weighted by atomic mass is 10.1. The number of rotatable bonds is 7. The Labute approximate surface area is 178 Å². The van der Waals surface area contributed by atoms with Crippen LogP contribution in [0.1, 0.15) is 34.3 Å². The van der Waals surface area contributed by atoms with Gasteiger partial charge in [-0.2, -0.15) is 0 Å². The van der Waals surface area contributed by atoms with Crippen LogP contribution in [0.2, 0.25) is 5.02 Å². The Morgan fingerprint density at radius 2 is 1.63 bits per heavy atom. The molecule has 0 saturated carbocycles. The van der Waals surface area contributed by atoms with Gasteiger partial charge in [0.15, 0.2) is 6.61 Å². The maximum atomic E-state index is 11.9. The van der Waals surface area contributed by atoms with E-state index in [0.717, 1.165) is 11.1 Å². The van der Waals surface area contributed by atoms with Gasteiger partial charge < -0.3 is 10.1 Å². The van der Waals surface area contributed by atoms with Gasteiger partial charge in [-0.1, -0.05) is 29.8 Å². The van der Waals surface area contributed by atoms with Gasteiger partial charge in [0.1, 0.15) is 0 Å². The second-order valence-electron chi connectivity index (χ2n) is 6.49. The van der Waals surface area contributed by atoms with Crippen LogP contribution in [-0.4, -0.2) is 30.3 Å². The highest BCUT2D eigenvalue weighted by Crippen LogP contribution is 2.15. The molecule has 2 aromatic rings. The molecule has 0 saturated heterocycles.